The van der Waals surface area contributed by atoms with Gasteiger partial charge in [-0.05, 0) is 102 Å². The Morgan fingerprint density at radius 1 is 0.370 bits per heavy atom. The minimum absolute atomic E-state index is 0.180. The normalized spacial score (nSPS) is 12.8. The second-order valence-electron chi connectivity index (χ2n) is 14.9. The fourth-order valence-corrected chi connectivity index (χ4v) is 8.98. The van der Waals surface area contributed by atoms with Crippen molar-refractivity contribution >= 4 is 38.6 Å². The molecule has 0 fully saturated rings. The Morgan fingerprint density at radius 2 is 0.907 bits per heavy atom. The molecule has 0 unspecified atom stereocenters. The Labute approximate surface area is 317 Å². The summed E-state index contributed by atoms with van der Waals surface area (Å²) in [5.74, 6) is 0. The van der Waals surface area contributed by atoms with Gasteiger partial charge in [-0.3, -0.25) is 0 Å². The van der Waals surface area contributed by atoms with Gasteiger partial charge >= 0.3 is 0 Å². The van der Waals surface area contributed by atoms with E-state index in [9.17, 15) is 0 Å². The average Bonchev–Trinajstić information content (AvgIpc) is 3.48. The topological polar surface area (TPSA) is 3.24 Å². The molecular formula is C53H39N. The third kappa shape index (κ3) is 5.08. The summed E-state index contributed by atoms with van der Waals surface area (Å²) in [6, 6.07) is 73.3. The molecule has 0 bridgehead atoms. The van der Waals surface area contributed by atoms with Gasteiger partial charge in [0, 0.05) is 16.7 Å². The van der Waals surface area contributed by atoms with Crippen LogP contribution in [0.5, 0.6) is 0 Å². The molecule has 0 atom stereocenters. The molecule has 0 aliphatic heterocycles. The number of anilines is 3. The van der Waals surface area contributed by atoms with Gasteiger partial charge < -0.3 is 4.90 Å². The van der Waals surface area contributed by atoms with Crippen LogP contribution in [-0.4, -0.2) is 0 Å². The molecule has 0 radical (unpaired) electrons. The Balaban J connectivity index is 1.20. The maximum Gasteiger partial charge on any atom is 0.0540 e. The zero-order valence-electron chi connectivity index (χ0n) is 30.5. The van der Waals surface area contributed by atoms with Crippen molar-refractivity contribution < 1.29 is 0 Å². The van der Waals surface area contributed by atoms with Gasteiger partial charge in [-0.15, -0.1) is 0 Å². The van der Waals surface area contributed by atoms with E-state index in [-0.39, 0.29) is 5.41 Å². The fourth-order valence-electron chi connectivity index (χ4n) is 8.98. The monoisotopic (exact) mass is 689 g/mol. The third-order valence-electron chi connectivity index (χ3n) is 11.4. The second kappa shape index (κ2) is 12.8. The molecule has 0 aromatic heterocycles. The van der Waals surface area contributed by atoms with Crippen LogP contribution in [0.25, 0.3) is 66.1 Å². The van der Waals surface area contributed by atoms with Gasteiger partial charge in [0.1, 0.15) is 0 Å². The molecule has 9 aromatic carbocycles. The highest BCUT2D eigenvalue weighted by atomic mass is 15.1. The maximum absolute atomic E-state index is 2.49. The number of fused-ring (bicyclic) bond motifs is 6. The summed E-state index contributed by atoms with van der Waals surface area (Å²) in [6.45, 7) is 4.75. The highest BCUT2D eigenvalue weighted by Crippen LogP contribution is 2.55. The molecule has 0 spiro atoms. The summed E-state index contributed by atoms with van der Waals surface area (Å²) < 4.78 is 0. The van der Waals surface area contributed by atoms with Crippen molar-refractivity contribution in [2.75, 3.05) is 4.90 Å². The van der Waals surface area contributed by atoms with E-state index < -0.39 is 0 Å². The maximum atomic E-state index is 2.49. The largest absolute Gasteiger partial charge is 0.310 e. The minimum Gasteiger partial charge on any atom is -0.310 e. The molecule has 10 rings (SSSR count). The number of nitrogens with zero attached hydrogens (tertiary/aromatic N) is 1. The lowest BCUT2D eigenvalue weighted by atomic mass is 9.81. The van der Waals surface area contributed by atoms with Gasteiger partial charge in [0.05, 0.1) is 11.4 Å². The first-order valence-corrected chi connectivity index (χ1v) is 18.9. The number of hydrogen-bond donors (Lipinski definition) is 0. The lowest BCUT2D eigenvalue weighted by Gasteiger charge is -2.33. The van der Waals surface area contributed by atoms with Gasteiger partial charge in [0.25, 0.3) is 0 Å². The highest BCUT2D eigenvalue weighted by Gasteiger charge is 2.39. The highest BCUT2D eigenvalue weighted by molar-refractivity contribution is 6.18. The van der Waals surface area contributed by atoms with E-state index in [1.165, 1.54) is 82.9 Å². The van der Waals surface area contributed by atoms with Crippen molar-refractivity contribution in [3.8, 4) is 44.5 Å². The summed E-state index contributed by atoms with van der Waals surface area (Å²) in [5, 5.41) is 5.07. The molecule has 1 heteroatoms. The van der Waals surface area contributed by atoms with E-state index in [2.05, 4.69) is 219 Å². The van der Waals surface area contributed by atoms with Gasteiger partial charge in [-0.25, -0.2) is 0 Å². The predicted molar refractivity (Wildman–Crippen MR) is 230 cm³/mol. The molecule has 256 valence electrons. The SMILES string of the molecule is CC1(C)c2ccccc2-c2cccc(N(c3ccc(-c4cc5ccccc5c5cccc(-c6ccccc6)c45)cc3)c3ccccc3-c3ccccc3)c21. The lowest BCUT2D eigenvalue weighted by molar-refractivity contribution is 0.661. The molecule has 0 amide bonds. The number of rotatable bonds is 6. The zero-order valence-corrected chi connectivity index (χ0v) is 30.5. The van der Waals surface area contributed by atoms with Gasteiger partial charge in [0.2, 0.25) is 0 Å². The minimum atomic E-state index is -0.180. The van der Waals surface area contributed by atoms with E-state index in [0.717, 1.165) is 11.4 Å². The third-order valence-corrected chi connectivity index (χ3v) is 11.4. The van der Waals surface area contributed by atoms with Gasteiger partial charge in [0.15, 0.2) is 0 Å². The summed E-state index contributed by atoms with van der Waals surface area (Å²) in [7, 11) is 0. The zero-order chi connectivity index (χ0) is 36.2. The summed E-state index contributed by atoms with van der Waals surface area (Å²) in [5.41, 5.74) is 15.9. The first kappa shape index (κ1) is 32.0. The van der Waals surface area contributed by atoms with E-state index in [1.54, 1.807) is 0 Å². The lowest BCUT2D eigenvalue weighted by Crippen LogP contribution is -2.21. The van der Waals surface area contributed by atoms with Gasteiger partial charge in [-0.2, -0.15) is 0 Å². The molecule has 9 aromatic rings. The predicted octanol–water partition coefficient (Wildman–Crippen LogP) is 14.8. The molecule has 0 saturated heterocycles. The Morgan fingerprint density at radius 3 is 1.69 bits per heavy atom. The van der Waals surface area contributed by atoms with Crippen molar-refractivity contribution in [3.63, 3.8) is 0 Å². The van der Waals surface area contributed by atoms with Crippen molar-refractivity contribution in [3.05, 3.63) is 211 Å². The molecule has 0 saturated carbocycles. The average molecular weight is 690 g/mol. The molecule has 1 aliphatic carbocycles. The molecule has 1 aliphatic rings. The molecule has 1 nitrogen and oxygen atoms in total. The fraction of sp³-hybridized carbons (Fsp3) is 0.0566. The Kier molecular flexibility index (Phi) is 7.56. The van der Waals surface area contributed by atoms with Crippen LogP contribution in [0.2, 0.25) is 0 Å². The summed E-state index contributed by atoms with van der Waals surface area (Å²) >= 11 is 0. The summed E-state index contributed by atoms with van der Waals surface area (Å²) in [4.78, 5) is 2.49. The molecular weight excluding hydrogens is 651 g/mol. The van der Waals surface area contributed by atoms with Crippen LogP contribution >= 0.6 is 0 Å². The quantitative estimate of drug-likeness (QED) is 0.157. The molecule has 0 N–H and O–H groups in total. The first-order valence-electron chi connectivity index (χ1n) is 18.9. The van der Waals surface area contributed by atoms with Crippen LogP contribution in [0, 0.1) is 0 Å². The standard InChI is InChI=1S/C53H39N/c1-53(2)48-28-13-11-24-44(48)46-27-16-30-50(52(46)53)54(49-29-14-12-23-42(49)36-17-5-3-6-18-36)40-33-31-38(32-34-40)47-35-39-21-9-10-22-41(39)45-26-15-25-43(51(45)47)37-19-7-4-8-20-37/h3-35H,1-2H3. The van der Waals surface area contributed by atoms with Crippen molar-refractivity contribution in [2.24, 2.45) is 0 Å². The smallest absolute Gasteiger partial charge is 0.0540 e. The Bertz CT molecular complexity index is 2830. The first-order chi connectivity index (χ1) is 26.6. The van der Waals surface area contributed by atoms with Crippen molar-refractivity contribution in [1.29, 1.82) is 0 Å². The Hall–Kier alpha value is -6.70. The van der Waals surface area contributed by atoms with Crippen LogP contribution < -0.4 is 4.90 Å². The molecule has 54 heavy (non-hydrogen) atoms. The number of hydrogen-bond acceptors (Lipinski definition) is 1. The van der Waals surface area contributed by atoms with Crippen molar-refractivity contribution in [1.82, 2.24) is 0 Å². The van der Waals surface area contributed by atoms with Crippen LogP contribution in [-0.2, 0) is 5.41 Å². The van der Waals surface area contributed by atoms with Crippen LogP contribution in [0.4, 0.5) is 17.1 Å². The van der Waals surface area contributed by atoms with Gasteiger partial charge in [-0.1, -0.05) is 184 Å². The van der Waals surface area contributed by atoms with Crippen molar-refractivity contribution in [2.45, 2.75) is 19.3 Å². The van der Waals surface area contributed by atoms with Crippen LogP contribution in [0.3, 0.4) is 0 Å². The molecule has 0 heterocycles. The van der Waals surface area contributed by atoms with E-state index in [4.69, 9.17) is 0 Å². The van der Waals surface area contributed by atoms with E-state index in [0.29, 0.717) is 0 Å². The number of benzene rings is 9. The van der Waals surface area contributed by atoms with E-state index in [1.807, 2.05) is 0 Å². The van der Waals surface area contributed by atoms with Crippen LogP contribution in [0.1, 0.15) is 25.0 Å². The van der Waals surface area contributed by atoms with E-state index >= 15 is 0 Å². The number of para-hydroxylation sites is 1. The summed E-state index contributed by atoms with van der Waals surface area (Å²) in [6.07, 6.45) is 0. The second-order valence-corrected chi connectivity index (χ2v) is 14.9. The van der Waals surface area contributed by atoms with Crippen LogP contribution in [0.15, 0.2) is 200 Å².